The van der Waals surface area contributed by atoms with Crippen LogP contribution in [-0.4, -0.2) is 172 Å². The second-order valence-electron chi connectivity index (χ2n) is 18.6. The number of halogens is 1. The van der Waals surface area contributed by atoms with Crippen molar-refractivity contribution in [1.82, 2.24) is 4.98 Å². The molecule has 0 radical (unpaired) electrons. The maximum Gasteiger partial charge on any atom is 0.323 e. The number of hydrogen-bond donors (Lipinski definition) is 19. The summed E-state index contributed by atoms with van der Waals surface area (Å²) >= 11 is 1.60. The molecule has 29 heteroatoms. The Hall–Kier alpha value is -6.02. The van der Waals surface area contributed by atoms with Gasteiger partial charge in [0.1, 0.15) is 48.3 Å². The number of aliphatic carboxylic acids is 8. The predicted molar refractivity (Wildman–Crippen MR) is 316 cm³/mol. The number of unbranched alkanes of at least 4 members (excludes halogenated alkanes) is 1. The van der Waals surface area contributed by atoms with Gasteiger partial charge in [0.25, 0.3) is 0 Å². The summed E-state index contributed by atoms with van der Waals surface area (Å²) in [5.41, 5.74) is 49.9. The maximum atomic E-state index is 10.6. The Kier molecular flexibility index (Phi) is 54.2. The van der Waals surface area contributed by atoms with Crippen LogP contribution in [0.4, 0.5) is 0 Å². The fraction of sp³-hybridized carbons (Fsp3) is 0.577. The van der Waals surface area contributed by atoms with Crippen LogP contribution in [0.5, 0.6) is 0 Å². The average Bonchev–Trinajstić information content (AvgIpc) is 3.80. The van der Waals surface area contributed by atoms with Gasteiger partial charge in [-0.2, -0.15) is 11.8 Å². The molecule has 81 heavy (non-hydrogen) atoms. The smallest absolute Gasteiger partial charge is 0.323 e. The van der Waals surface area contributed by atoms with Gasteiger partial charge in [-0.3, -0.25) is 38.4 Å². The first-order valence-corrected chi connectivity index (χ1v) is 26.7. The van der Waals surface area contributed by atoms with E-state index in [4.69, 9.17) is 97.6 Å². The van der Waals surface area contributed by atoms with Crippen molar-refractivity contribution in [3.63, 3.8) is 0 Å². The molecule has 3 aromatic rings. The minimum Gasteiger partial charge on any atom is -0.480 e. The lowest BCUT2D eigenvalue weighted by Crippen LogP contribution is -2.39. The molecular weight excluding hydrogens is 1100 g/mol. The van der Waals surface area contributed by atoms with E-state index < -0.39 is 102 Å². The van der Waals surface area contributed by atoms with Crippen LogP contribution >= 0.6 is 24.2 Å². The second kappa shape index (κ2) is 50.9. The number of carboxylic acid groups (broad SMARTS) is 8. The van der Waals surface area contributed by atoms with Gasteiger partial charge in [-0.1, -0.05) is 103 Å². The zero-order chi connectivity index (χ0) is 63.4. The van der Waals surface area contributed by atoms with Crippen molar-refractivity contribution < 1.29 is 84.3 Å². The molecule has 0 aliphatic carbocycles. The summed E-state index contributed by atoms with van der Waals surface area (Å²) in [6, 6.07) is 10.8. The van der Waals surface area contributed by atoms with Crippen molar-refractivity contribution >= 4 is 82.8 Å². The molecule has 10 atom stereocenters. The van der Waals surface area contributed by atoms with Crippen LogP contribution in [-0.2, 0) is 51.2 Å². The van der Waals surface area contributed by atoms with Gasteiger partial charge in [0.2, 0.25) is 0 Å². The lowest BCUT2D eigenvalue weighted by molar-refractivity contribution is -0.141. The third-order valence-electron chi connectivity index (χ3n) is 10.7. The molecule has 0 aliphatic heterocycles. The van der Waals surface area contributed by atoms with Crippen LogP contribution in [0.1, 0.15) is 98.1 Å². The maximum absolute atomic E-state index is 10.6. The minimum atomic E-state index is -1.18. The molecule has 2 aromatic carbocycles. The summed E-state index contributed by atoms with van der Waals surface area (Å²) in [6.45, 7) is 13.1. The predicted octanol–water partition coefficient (Wildman–Crippen LogP) is 1.59. The number of rotatable bonds is 25. The number of aliphatic hydroxyl groups excluding tert-OH is 1. The third kappa shape index (κ3) is 48.4. The van der Waals surface area contributed by atoms with Gasteiger partial charge in [0.05, 0.1) is 6.10 Å². The summed E-state index contributed by atoms with van der Waals surface area (Å²) in [4.78, 5) is 84.5. The van der Waals surface area contributed by atoms with Crippen molar-refractivity contribution in [1.29, 1.82) is 0 Å². The first-order chi connectivity index (χ1) is 37.0. The van der Waals surface area contributed by atoms with E-state index in [0.717, 1.165) is 47.0 Å². The van der Waals surface area contributed by atoms with Gasteiger partial charge in [-0.25, -0.2) is 0 Å². The van der Waals surface area contributed by atoms with Crippen molar-refractivity contribution in [2.24, 2.45) is 69.4 Å². The number of nitrogens with one attached hydrogen (secondary N) is 1. The molecular formula is C52H95ClN10O17S. The van der Waals surface area contributed by atoms with Gasteiger partial charge in [0.15, 0.2) is 0 Å². The quantitative estimate of drug-likeness (QED) is 0.0536. The van der Waals surface area contributed by atoms with Crippen molar-refractivity contribution in [3.05, 3.63) is 71.9 Å². The Morgan fingerprint density at radius 3 is 1.27 bits per heavy atom. The SMILES string of the molecule is CC(C)C[C@H](N)C(=O)O.CC(C)[C@H](N)C(=O)O.CC[C@H](C)[C@H](N)C(=O)O.CSCC[C@H](N)C(=O)O.C[C@@H](O)[C@H](N)C(=O)O.Cl.NCCCC[C@H](N)C(=O)O.N[C@@H](Cc1c[nH]c2ccccc12)C(=O)O.N[C@@H](Cc1ccccc1)C(=O)O. The Labute approximate surface area is 484 Å². The van der Waals surface area contributed by atoms with Crippen LogP contribution in [0.2, 0.25) is 0 Å². The number of H-pyrrole nitrogens is 1. The van der Waals surface area contributed by atoms with Crippen LogP contribution < -0.4 is 51.6 Å². The summed E-state index contributed by atoms with van der Waals surface area (Å²) < 4.78 is 0. The molecule has 0 aliphatic rings. The zero-order valence-corrected chi connectivity index (χ0v) is 49.2. The first-order valence-electron chi connectivity index (χ1n) is 25.3. The molecule has 0 fully saturated rings. The molecule has 0 saturated heterocycles. The van der Waals surface area contributed by atoms with E-state index in [1.807, 2.05) is 94.7 Å². The number of carboxylic acids is 8. The molecule has 1 heterocycles. The lowest BCUT2D eigenvalue weighted by Gasteiger charge is -2.11. The fourth-order valence-electron chi connectivity index (χ4n) is 5.18. The zero-order valence-electron chi connectivity index (χ0n) is 47.6. The highest BCUT2D eigenvalue weighted by Gasteiger charge is 2.19. The Morgan fingerprint density at radius 2 is 0.951 bits per heavy atom. The van der Waals surface area contributed by atoms with Gasteiger partial charge in [-0.05, 0) is 92.5 Å². The number of para-hydroxylation sites is 1. The molecule has 0 unspecified atom stereocenters. The van der Waals surface area contributed by atoms with Crippen molar-refractivity contribution in [2.75, 3.05) is 18.6 Å². The van der Waals surface area contributed by atoms with E-state index in [0.29, 0.717) is 44.6 Å². The van der Waals surface area contributed by atoms with E-state index in [2.05, 4.69) is 4.98 Å². The number of carbonyl (C=O) groups is 8. The number of nitrogens with two attached hydrogens (primary N) is 9. The van der Waals surface area contributed by atoms with Crippen LogP contribution in [0.25, 0.3) is 10.9 Å². The normalized spacial score (nSPS) is 13.8. The standard InChI is InChI=1S/C11H12N2O2.C9H11NO2.C6H14N2O2.2C6H13NO2.C5H11NO2S.C5H11NO2.C4H9NO3.ClH/c12-9(11(14)15)5-7-6-13-10-4-2-1-3-8(7)10;10-8(9(11)12)6-7-4-2-1-3-5-7;7-4-2-1-3-5(8)6(9)10;1-4(2)3-5(7)6(8)9;1-3-4(2)5(7)6(8)9;1-9-3-2-4(6)5(7)8;1-3(2)4(6)5(7)8;1-2(6)3(5)4(7)8;/h1-4,6,9,13H,5,12H2,(H,14,15);1-5,8H,6,10H2,(H,11,12);5H,1-4,7-8H2,(H,9,10);2*4-5H,3,7H2,1-2H3,(H,8,9);4H,2-3,6H2,1H3,(H,7,8);3-4H,6H2,1-2H3,(H,7,8);2-3,6H,5H2,1H3,(H,7,8);1H/t9-;8-;2*5-;4-,5-;2*4-;2-,3+;/m00000001./s1. The largest absolute Gasteiger partial charge is 0.480 e. The number of thioether (sulfide) groups is 1. The number of aromatic nitrogens is 1. The molecule has 0 saturated carbocycles. The van der Waals surface area contributed by atoms with Crippen molar-refractivity contribution in [2.45, 2.75) is 154 Å². The lowest BCUT2D eigenvalue weighted by atomic mass is 10.0. The molecule has 27 nitrogen and oxygen atoms in total. The topological polar surface area (TPSA) is 569 Å². The molecule has 0 bridgehead atoms. The molecule has 0 amide bonds. The number of aromatic amines is 1. The summed E-state index contributed by atoms with van der Waals surface area (Å²) in [7, 11) is 0. The van der Waals surface area contributed by atoms with E-state index in [-0.39, 0.29) is 24.2 Å². The highest BCUT2D eigenvalue weighted by molar-refractivity contribution is 7.98. The number of aliphatic hydroxyl groups is 1. The Bertz CT molecular complexity index is 2160. The van der Waals surface area contributed by atoms with Crippen molar-refractivity contribution in [3.8, 4) is 0 Å². The highest BCUT2D eigenvalue weighted by atomic mass is 35.5. The fourth-order valence-corrected chi connectivity index (χ4v) is 5.67. The summed E-state index contributed by atoms with van der Waals surface area (Å²) in [5.74, 6) is -6.45. The van der Waals surface area contributed by atoms with Crippen LogP contribution in [0.15, 0.2) is 60.8 Å². The Balaban J connectivity index is -0.000000200. The van der Waals surface area contributed by atoms with Crippen LogP contribution in [0, 0.1) is 17.8 Å². The highest BCUT2D eigenvalue weighted by Crippen LogP contribution is 2.18. The van der Waals surface area contributed by atoms with E-state index >= 15 is 0 Å². The average molecular weight is 1200 g/mol. The van der Waals surface area contributed by atoms with Gasteiger partial charge in [-0.15, -0.1) is 12.4 Å². The van der Waals surface area contributed by atoms with E-state index in [1.165, 1.54) is 6.92 Å². The van der Waals surface area contributed by atoms with Gasteiger partial charge in [0, 0.05) is 23.5 Å². The molecule has 3 rings (SSSR count). The summed E-state index contributed by atoms with van der Waals surface area (Å²) in [6.07, 6.45) is 7.57. The molecule has 1 aromatic heterocycles. The summed E-state index contributed by atoms with van der Waals surface area (Å²) in [5, 5.41) is 76.3. The van der Waals surface area contributed by atoms with Gasteiger partial charge < -0.3 is 103 Å². The Morgan fingerprint density at radius 1 is 0.531 bits per heavy atom. The molecule has 0 spiro atoms. The van der Waals surface area contributed by atoms with E-state index in [9.17, 15) is 38.4 Å². The van der Waals surface area contributed by atoms with E-state index in [1.54, 1.807) is 25.6 Å². The number of fused-ring (bicyclic) bond motifs is 1. The molecule has 28 N–H and O–H groups in total. The van der Waals surface area contributed by atoms with Crippen LogP contribution in [0.3, 0.4) is 0 Å². The second-order valence-corrected chi connectivity index (χ2v) is 19.6. The number of benzene rings is 2. The minimum absolute atomic E-state index is 0. The third-order valence-corrected chi connectivity index (χ3v) is 11.3. The monoisotopic (exact) mass is 1200 g/mol. The molecule has 468 valence electrons. The first kappa shape index (κ1) is 86.2. The number of hydrogen-bond acceptors (Lipinski definition) is 19. The van der Waals surface area contributed by atoms with Gasteiger partial charge >= 0.3 is 47.8 Å².